The molecule has 5 atom stereocenters. The van der Waals surface area contributed by atoms with E-state index in [0.29, 0.717) is 0 Å². The molecule has 27 heavy (non-hydrogen) atoms. The van der Waals surface area contributed by atoms with Gasteiger partial charge in [-0.1, -0.05) is 5.11 Å². The molecule has 0 aromatic heterocycles. The van der Waals surface area contributed by atoms with E-state index in [1.807, 2.05) is 0 Å². The Hall–Kier alpha value is -2.21. The van der Waals surface area contributed by atoms with Crippen LogP contribution in [0.5, 0.6) is 0 Å². The van der Waals surface area contributed by atoms with E-state index in [4.69, 9.17) is 25.2 Å². The monoisotopic (exact) mass is 410 g/mol. The molecular weight excluding hydrogens is 391 g/mol. The second-order valence-electron chi connectivity index (χ2n) is 5.80. The lowest BCUT2D eigenvalue weighted by molar-refractivity contribution is -0.211. The summed E-state index contributed by atoms with van der Waals surface area (Å²) in [5.74, 6) is -5.50. The second kappa shape index (κ2) is 9.65. The molecule has 0 aromatic carbocycles. The van der Waals surface area contributed by atoms with Crippen molar-refractivity contribution in [2.24, 2.45) is 17.0 Å². The molecule has 0 unspecified atom stereocenters. The molecule has 5 N–H and O–H groups in total. The van der Waals surface area contributed by atoms with Crippen molar-refractivity contribution in [1.29, 1.82) is 0 Å². The molecule has 0 bridgehead atoms. The zero-order valence-electron chi connectivity index (χ0n) is 14.0. The normalized spacial score (nSPS) is 28.0. The minimum Gasteiger partial charge on any atom is -0.481 e. The van der Waals surface area contributed by atoms with Crippen LogP contribution in [0.15, 0.2) is 5.11 Å². The Morgan fingerprint density at radius 2 is 1.78 bits per heavy atom. The number of nitrogens with one attached hydrogen (secondary N) is 1. The Labute approximate surface area is 152 Å². The molecule has 152 valence electrons. The summed E-state index contributed by atoms with van der Waals surface area (Å²) >= 11 is 0. The lowest BCUT2D eigenvalue weighted by Crippen LogP contribution is -2.59. The standard InChI is InChI=1S/C12H19N4O10P/c1-5(17)15-11-7(3-10(20)21)6(2-9(18)19)8(4-14-16-13)25-12(11)26-27(22,23)24/h6-8,11-12H,2-4H2,1H3,(H,15,17)(H,18,19)(H,20,21)(H2,22,23,24)/t6-,7-,8+,11-,12-/m1/s1. The van der Waals surface area contributed by atoms with Crippen molar-refractivity contribution in [3.8, 4) is 0 Å². The van der Waals surface area contributed by atoms with Gasteiger partial charge in [-0.25, -0.2) is 4.57 Å². The minimum atomic E-state index is -5.12. The molecule has 1 saturated heterocycles. The Morgan fingerprint density at radius 1 is 1.22 bits per heavy atom. The van der Waals surface area contributed by atoms with Gasteiger partial charge in [-0.05, 0) is 5.53 Å². The van der Waals surface area contributed by atoms with Gasteiger partial charge in [0.05, 0.1) is 31.5 Å². The third-order valence-electron chi connectivity index (χ3n) is 3.85. The van der Waals surface area contributed by atoms with Gasteiger partial charge in [0, 0.05) is 23.7 Å². The fourth-order valence-electron chi connectivity index (χ4n) is 3.00. The van der Waals surface area contributed by atoms with Crippen LogP contribution in [-0.4, -0.2) is 62.8 Å². The number of carbonyl (C=O) groups is 3. The second-order valence-corrected chi connectivity index (χ2v) is 6.99. The maximum Gasteiger partial charge on any atom is 0.472 e. The molecule has 1 fully saturated rings. The van der Waals surface area contributed by atoms with Crippen molar-refractivity contribution in [3.05, 3.63) is 10.4 Å². The number of carbonyl (C=O) groups excluding carboxylic acids is 1. The molecule has 14 nitrogen and oxygen atoms in total. The number of hydrogen-bond donors (Lipinski definition) is 5. The van der Waals surface area contributed by atoms with Crippen molar-refractivity contribution in [2.45, 2.75) is 38.2 Å². The van der Waals surface area contributed by atoms with Gasteiger partial charge in [-0.15, -0.1) is 0 Å². The summed E-state index contributed by atoms with van der Waals surface area (Å²) in [6.45, 7) is 0.642. The van der Waals surface area contributed by atoms with Gasteiger partial charge in [0.1, 0.15) is 0 Å². The smallest absolute Gasteiger partial charge is 0.472 e. The number of phosphoric acid groups is 1. The molecule has 0 radical (unpaired) electrons. The maximum absolute atomic E-state index is 11.5. The first-order chi connectivity index (χ1) is 12.4. The quantitative estimate of drug-likeness (QED) is 0.146. The first-order valence-corrected chi connectivity index (χ1v) is 9.08. The predicted octanol–water partition coefficient (Wildman–Crippen LogP) is -0.183. The van der Waals surface area contributed by atoms with Crippen LogP contribution in [0.1, 0.15) is 19.8 Å². The van der Waals surface area contributed by atoms with E-state index in [0.717, 1.165) is 6.92 Å². The van der Waals surface area contributed by atoms with E-state index in [1.165, 1.54) is 0 Å². The molecule has 1 heterocycles. The van der Waals surface area contributed by atoms with Gasteiger partial charge in [0.2, 0.25) is 5.91 Å². The third-order valence-corrected chi connectivity index (χ3v) is 4.33. The van der Waals surface area contributed by atoms with Gasteiger partial charge < -0.3 is 30.1 Å². The average molecular weight is 410 g/mol. The third kappa shape index (κ3) is 7.51. The van der Waals surface area contributed by atoms with Crippen LogP contribution >= 0.6 is 7.82 Å². The van der Waals surface area contributed by atoms with Gasteiger partial charge in [0.25, 0.3) is 0 Å². The summed E-state index contributed by atoms with van der Waals surface area (Å²) in [5.41, 5.74) is 8.48. The Kier molecular flexibility index (Phi) is 8.16. The van der Waals surface area contributed by atoms with Gasteiger partial charge >= 0.3 is 19.8 Å². The molecule has 1 amide bonds. The number of ether oxygens (including phenoxy) is 1. The van der Waals surface area contributed by atoms with E-state index in [-0.39, 0.29) is 0 Å². The van der Waals surface area contributed by atoms with Crippen molar-refractivity contribution in [1.82, 2.24) is 5.32 Å². The summed E-state index contributed by atoms with van der Waals surface area (Å²) in [5, 5.41) is 23.9. The fourth-order valence-corrected chi connectivity index (χ4v) is 3.45. The average Bonchev–Trinajstić information content (AvgIpc) is 2.48. The van der Waals surface area contributed by atoms with Crippen LogP contribution in [0.2, 0.25) is 0 Å². The number of carboxylic acids is 2. The lowest BCUT2D eigenvalue weighted by atomic mass is 9.75. The Balaban J connectivity index is 3.37. The highest BCUT2D eigenvalue weighted by atomic mass is 31.2. The molecule has 0 spiro atoms. The number of rotatable bonds is 9. The summed E-state index contributed by atoms with van der Waals surface area (Å²) < 4.78 is 21.1. The number of hydrogen-bond acceptors (Lipinski definition) is 7. The van der Waals surface area contributed by atoms with Crippen molar-refractivity contribution in [3.63, 3.8) is 0 Å². The number of amides is 1. The van der Waals surface area contributed by atoms with E-state index in [2.05, 4.69) is 19.9 Å². The molecule has 0 aromatic rings. The summed E-state index contributed by atoms with van der Waals surface area (Å²) in [4.78, 5) is 54.6. The van der Waals surface area contributed by atoms with E-state index < -0.39 is 75.3 Å². The van der Waals surface area contributed by atoms with E-state index >= 15 is 0 Å². The molecule has 1 aliphatic rings. The SMILES string of the molecule is CC(=O)N[C@H]1[C@@H](OP(=O)(O)O)O[C@@H](CN=[N+]=[N-])[C@H](CC(=O)O)[C@H]1CC(=O)O. The zero-order valence-corrected chi connectivity index (χ0v) is 14.9. The predicted molar refractivity (Wildman–Crippen MR) is 84.9 cm³/mol. The van der Waals surface area contributed by atoms with Crippen LogP contribution in [0.3, 0.4) is 0 Å². The van der Waals surface area contributed by atoms with Gasteiger partial charge in [-0.2, -0.15) is 0 Å². The number of azide groups is 1. The van der Waals surface area contributed by atoms with Crippen LogP contribution < -0.4 is 5.32 Å². The first kappa shape index (κ1) is 22.8. The molecule has 1 aliphatic heterocycles. The largest absolute Gasteiger partial charge is 0.481 e. The summed E-state index contributed by atoms with van der Waals surface area (Å²) in [6, 6.07) is -1.36. The van der Waals surface area contributed by atoms with Crippen LogP contribution in [0, 0.1) is 11.8 Å². The summed E-state index contributed by atoms with van der Waals surface area (Å²) in [7, 11) is -5.12. The molecule has 0 saturated carbocycles. The van der Waals surface area contributed by atoms with E-state index in [9.17, 15) is 24.1 Å². The maximum atomic E-state index is 11.5. The zero-order chi connectivity index (χ0) is 20.8. The highest BCUT2D eigenvalue weighted by Crippen LogP contribution is 2.44. The highest BCUT2D eigenvalue weighted by Gasteiger charge is 2.49. The van der Waals surface area contributed by atoms with Crippen LogP contribution in [0.25, 0.3) is 10.4 Å². The number of carboxylic acid groups (broad SMARTS) is 2. The minimum absolute atomic E-state index is 0.432. The number of phosphoric ester groups is 1. The number of nitrogens with zero attached hydrogens (tertiary/aromatic N) is 3. The van der Waals surface area contributed by atoms with Gasteiger partial charge in [0.15, 0.2) is 6.29 Å². The highest BCUT2D eigenvalue weighted by molar-refractivity contribution is 7.46. The Morgan fingerprint density at radius 3 is 2.22 bits per heavy atom. The lowest BCUT2D eigenvalue weighted by Gasteiger charge is -2.45. The molecule has 15 heteroatoms. The fraction of sp³-hybridized carbons (Fsp3) is 0.750. The molecular formula is C12H19N4O10P. The topological polar surface area (TPSA) is 228 Å². The van der Waals surface area contributed by atoms with Gasteiger partial charge in [-0.3, -0.25) is 18.9 Å². The first-order valence-electron chi connectivity index (χ1n) is 7.55. The molecule has 1 rings (SSSR count). The van der Waals surface area contributed by atoms with Crippen LogP contribution in [0.4, 0.5) is 0 Å². The Bertz CT molecular complexity index is 675. The summed E-state index contributed by atoms with van der Waals surface area (Å²) in [6.07, 6.45) is -4.24. The van der Waals surface area contributed by atoms with Crippen molar-refractivity contribution < 1.29 is 48.2 Å². The van der Waals surface area contributed by atoms with Crippen molar-refractivity contribution in [2.75, 3.05) is 6.54 Å². The van der Waals surface area contributed by atoms with E-state index in [1.54, 1.807) is 0 Å². The van der Waals surface area contributed by atoms with Crippen molar-refractivity contribution >= 4 is 25.7 Å². The van der Waals surface area contributed by atoms with Crippen LogP contribution in [-0.2, 0) is 28.2 Å². The molecule has 0 aliphatic carbocycles. The number of aliphatic carboxylic acids is 2.